The van der Waals surface area contributed by atoms with Crippen LogP contribution in [0.5, 0.6) is 0 Å². The van der Waals surface area contributed by atoms with Crippen molar-refractivity contribution in [1.29, 1.82) is 0 Å². The van der Waals surface area contributed by atoms with Crippen molar-refractivity contribution >= 4 is 23.3 Å². The van der Waals surface area contributed by atoms with Crippen LogP contribution in [0.4, 0.5) is 4.79 Å². The molecule has 7 heteroatoms. The predicted molar refractivity (Wildman–Crippen MR) is 125 cm³/mol. The number of fused-ring (bicyclic) bond motifs is 1. The highest BCUT2D eigenvalue weighted by Crippen LogP contribution is 2.34. The number of hydrogen-bond acceptors (Lipinski definition) is 6. The number of ether oxygens (including phenoxy) is 1. The number of nitrogens with zero attached hydrogens (tertiary/aromatic N) is 2. The van der Waals surface area contributed by atoms with E-state index in [4.69, 9.17) is 9.26 Å². The molecule has 1 amide bonds. The molecule has 2 aromatic carbocycles. The van der Waals surface area contributed by atoms with E-state index in [1.165, 1.54) is 0 Å². The van der Waals surface area contributed by atoms with Crippen LogP contribution in [-0.4, -0.2) is 28.1 Å². The minimum atomic E-state index is -0.627. The van der Waals surface area contributed by atoms with Gasteiger partial charge in [-0.3, -0.25) is 9.78 Å². The van der Waals surface area contributed by atoms with E-state index in [9.17, 15) is 9.59 Å². The zero-order chi connectivity index (χ0) is 23.4. The minimum absolute atomic E-state index is 0.424. The molecule has 4 rings (SSSR count). The number of alkyl carbamates (subject to hydrolysis) is 1. The van der Waals surface area contributed by atoms with E-state index in [1.807, 2.05) is 69.3 Å². The van der Waals surface area contributed by atoms with Gasteiger partial charge in [0.2, 0.25) is 0 Å². The number of carbonyl (C=O) groups excluding carboxylic acids is 2. The molecule has 0 saturated carbocycles. The van der Waals surface area contributed by atoms with E-state index in [1.54, 1.807) is 18.3 Å². The van der Waals surface area contributed by atoms with Gasteiger partial charge < -0.3 is 14.6 Å². The lowest BCUT2D eigenvalue weighted by atomic mass is 9.93. The number of aromatic nitrogens is 2. The molecule has 4 aromatic rings. The average Bonchev–Trinajstić information content (AvgIpc) is 3.21. The molecular formula is C26H25N3O4. The van der Waals surface area contributed by atoms with Crippen LogP contribution in [0.15, 0.2) is 71.4 Å². The highest BCUT2D eigenvalue weighted by molar-refractivity contribution is 5.95. The lowest BCUT2D eigenvalue weighted by Gasteiger charge is -2.25. The van der Waals surface area contributed by atoms with Gasteiger partial charge in [0.25, 0.3) is 0 Å². The SMILES string of the molecule is CC(C)(C)OC(=O)N[C@@H](Cc1ccccn1)c1ccccc1-c1noc2cc(C=O)ccc12. The summed E-state index contributed by atoms with van der Waals surface area (Å²) in [6.45, 7) is 5.47. The number of rotatable bonds is 6. The first kappa shape index (κ1) is 22.2. The lowest BCUT2D eigenvalue weighted by molar-refractivity contribution is 0.0503. The van der Waals surface area contributed by atoms with Gasteiger partial charge in [-0.25, -0.2) is 4.79 Å². The van der Waals surface area contributed by atoms with Gasteiger partial charge in [-0.2, -0.15) is 0 Å². The Morgan fingerprint density at radius 1 is 1.12 bits per heavy atom. The first-order valence-corrected chi connectivity index (χ1v) is 10.7. The van der Waals surface area contributed by atoms with Gasteiger partial charge in [0.1, 0.15) is 17.6 Å². The van der Waals surface area contributed by atoms with Crippen LogP contribution in [0.1, 0.15) is 48.4 Å². The molecule has 0 aliphatic carbocycles. The Labute approximate surface area is 191 Å². The molecule has 2 aromatic heterocycles. The number of pyridine rings is 1. The molecule has 168 valence electrons. The topological polar surface area (TPSA) is 94.3 Å². The number of amides is 1. The maximum Gasteiger partial charge on any atom is 0.408 e. The zero-order valence-electron chi connectivity index (χ0n) is 18.7. The van der Waals surface area contributed by atoms with Crippen LogP contribution < -0.4 is 5.32 Å². The Hall–Kier alpha value is -4.00. The van der Waals surface area contributed by atoms with Crippen LogP contribution in [-0.2, 0) is 11.2 Å². The van der Waals surface area contributed by atoms with E-state index in [0.29, 0.717) is 23.3 Å². The lowest BCUT2D eigenvalue weighted by Crippen LogP contribution is -2.36. The first-order chi connectivity index (χ1) is 15.8. The van der Waals surface area contributed by atoms with Crippen molar-refractivity contribution < 1.29 is 18.8 Å². The van der Waals surface area contributed by atoms with Gasteiger partial charge in [0.05, 0.1) is 6.04 Å². The highest BCUT2D eigenvalue weighted by atomic mass is 16.6. The first-order valence-electron chi connectivity index (χ1n) is 10.7. The summed E-state index contributed by atoms with van der Waals surface area (Å²) in [4.78, 5) is 28.2. The Morgan fingerprint density at radius 3 is 2.64 bits per heavy atom. The third kappa shape index (κ3) is 5.26. The normalized spacial score (nSPS) is 12.3. The highest BCUT2D eigenvalue weighted by Gasteiger charge is 2.25. The maximum absolute atomic E-state index is 12.7. The maximum atomic E-state index is 12.7. The van der Waals surface area contributed by atoms with E-state index < -0.39 is 17.7 Å². The monoisotopic (exact) mass is 443 g/mol. The third-order valence-electron chi connectivity index (χ3n) is 5.05. The zero-order valence-corrected chi connectivity index (χ0v) is 18.7. The van der Waals surface area contributed by atoms with Crippen molar-refractivity contribution in [2.45, 2.75) is 38.8 Å². The van der Waals surface area contributed by atoms with Gasteiger partial charge in [-0.05, 0) is 50.6 Å². The van der Waals surface area contributed by atoms with Gasteiger partial charge in [0, 0.05) is 34.8 Å². The van der Waals surface area contributed by atoms with E-state index in [0.717, 1.165) is 28.5 Å². The van der Waals surface area contributed by atoms with Crippen LogP contribution in [0.3, 0.4) is 0 Å². The summed E-state index contributed by atoms with van der Waals surface area (Å²) in [6.07, 6.45) is 2.44. The van der Waals surface area contributed by atoms with Crippen molar-refractivity contribution in [3.8, 4) is 11.3 Å². The summed E-state index contributed by atoms with van der Waals surface area (Å²) in [5, 5.41) is 8.06. The summed E-state index contributed by atoms with van der Waals surface area (Å²) >= 11 is 0. The second kappa shape index (κ2) is 9.24. The van der Waals surface area contributed by atoms with E-state index in [2.05, 4.69) is 15.5 Å². The molecule has 0 unspecified atom stereocenters. The second-order valence-corrected chi connectivity index (χ2v) is 8.72. The number of carbonyl (C=O) groups is 2. The smallest absolute Gasteiger partial charge is 0.408 e. The molecule has 0 aliphatic heterocycles. The molecule has 7 nitrogen and oxygen atoms in total. The molecule has 0 bridgehead atoms. The Bertz CT molecular complexity index is 1280. The van der Waals surface area contributed by atoms with Crippen LogP contribution >= 0.6 is 0 Å². The van der Waals surface area contributed by atoms with Gasteiger partial charge >= 0.3 is 6.09 Å². The van der Waals surface area contributed by atoms with Crippen LogP contribution in [0.2, 0.25) is 0 Å². The summed E-state index contributed by atoms with van der Waals surface area (Å²) in [7, 11) is 0. The molecule has 0 aliphatic rings. The summed E-state index contributed by atoms with van der Waals surface area (Å²) in [6, 6.07) is 18.1. The molecule has 2 heterocycles. The quantitative estimate of drug-likeness (QED) is 0.395. The van der Waals surface area contributed by atoms with Crippen molar-refractivity contribution in [3.05, 3.63) is 83.7 Å². The van der Waals surface area contributed by atoms with Gasteiger partial charge in [-0.15, -0.1) is 0 Å². The Morgan fingerprint density at radius 2 is 1.91 bits per heavy atom. The van der Waals surface area contributed by atoms with E-state index in [-0.39, 0.29) is 0 Å². The minimum Gasteiger partial charge on any atom is -0.444 e. The number of nitrogens with one attached hydrogen (secondary N) is 1. The standard InChI is InChI=1S/C26H25N3O4/c1-26(2,3)32-25(31)28-22(15-18-8-6-7-13-27-18)19-9-4-5-10-20(19)24-21-12-11-17(16-30)14-23(21)33-29-24/h4-14,16,22H,15H2,1-3H3,(H,28,31)/t22-/m0/s1. The second-order valence-electron chi connectivity index (χ2n) is 8.72. The number of hydrogen-bond donors (Lipinski definition) is 1. The fourth-order valence-electron chi connectivity index (χ4n) is 3.65. The Balaban J connectivity index is 1.76. The number of aldehydes is 1. The molecule has 1 N–H and O–H groups in total. The molecule has 0 spiro atoms. The summed E-state index contributed by atoms with van der Waals surface area (Å²) < 4.78 is 11.0. The van der Waals surface area contributed by atoms with Crippen molar-refractivity contribution in [3.63, 3.8) is 0 Å². The molecule has 1 atom stereocenters. The Kier molecular flexibility index (Phi) is 6.22. The molecule has 33 heavy (non-hydrogen) atoms. The molecule has 0 fully saturated rings. The summed E-state index contributed by atoms with van der Waals surface area (Å²) in [5.41, 5.74) is 3.53. The van der Waals surface area contributed by atoms with Crippen molar-refractivity contribution in [1.82, 2.24) is 15.5 Å². The fraction of sp³-hybridized carbons (Fsp3) is 0.231. The molecule has 0 saturated heterocycles. The van der Waals surface area contributed by atoms with Crippen LogP contribution in [0, 0.1) is 0 Å². The average molecular weight is 444 g/mol. The third-order valence-corrected chi connectivity index (χ3v) is 5.05. The molecular weight excluding hydrogens is 418 g/mol. The number of benzene rings is 2. The van der Waals surface area contributed by atoms with Crippen molar-refractivity contribution in [2.24, 2.45) is 0 Å². The van der Waals surface area contributed by atoms with Gasteiger partial charge in [-0.1, -0.05) is 41.6 Å². The van der Waals surface area contributed by atoms with Crippen molar-refractivity contribution in [2.75, 3.05) is 0 Å². The molecule has 0 radical (unpaired) electrons. The van der Waals surface area contributed by atoms with Crippen LogP contribution in [0.25, 0.3) is 22.2 Å². The summed E-state index contributed by atoms with van der Waals surface area (Å²) in [5.74, 6) is 0. The largest absolute Gasteiger partial charge is 0.444 e. The van der Waals surface area contributed by atoms with Gasteiger partial charge in [0.15, 0.2) is 5.58 Å². The van der Waals surface area contributed by atoms with E-state index >= 15 is 0 Å². The fourth-order valence-corrected chi connectivity index (χ4v) is 3.65. The predicted octanol–water partition coefficient (Wildman–Crippen LogP) is 5.51.